The molecule has 0 radical (unpaired) electrons. The van der Waals surface area contributed by atoms with E-state index in [9.17, 15) is 14.4 Å². The molecule has 0 saturated carbocycles. The molecule has 3 rings (SSSR count). The molecule has 1 aromatic carbocycles. The van der Waals surface area contributed by atoms with Crippen LogP contribution in [0, 0.1) is 0 Å². The van der Waals surface area contributed by atoms with Crippen molar-refractivity contribution in [1.82, 2.24) is 14.4 Å². The minimum atomic E-state index is -0.531. The number of fused-ring (bicyclic) bond motifs is 1. The number of methoxy groups -OCH3 is 2. The first-order chi connectivity index (χ1) is 12.9. The summed E-state index contributed by atoms with van der Waals surface area (Å²) in [7, 11) is 4.76. The molecule has 0 spiro atoms. The minimum Gasteiger partial charge on any atom is -0.493 e. The molecule has 1 aromatic heterocycles. The summed E-state index contributed by atoms with van der Waals surface area (Å²) in [5, 5.41) is 1.05. The summed E-state index contributed by atoms with van der Waals surface area (Å²) in [6.07, 6.45) is 1.56. The zero-order valence-corrected chi connectivity index (χ0v) is 15.9. The highest BCUT2D eigenvalue weighted by atomic mass is 16.5. The van der Waals surface area contributed by atoms with Gasteiger partial charge in [-0.2, -0.15) is 0 Å². The normalized spacial score (nSPS) is 17.3. The van der Waals surface area contributed by atoms with E-state index in [1.807, 2.05) is 0 Å². The van der Waals surface area contributed by atoms with E-state index in [4.69, 9.17) is 9.47 Å². The highest BCUT2D eigenvalue weighted by Gasteiger charge is 2.32. The molecule has 8 nitrogen and oxygen atoms in total. The van der Waals surface area contributed by atoms with E-state index in [0.29, 0.717) is 35.4 Å². The van der Waals surface area contributed by atoms with Crippen LogP contribution in [0.5, 0.6) is 11.5 Å². The van der Waals surface area contributed by atoms with Gasteiger partial charge >= 0.3 is 0 Å². The third kappa shape index (κ3) is 3.22. The molecule has 144 valence electrons. The van der Waals surface area contributed by atoms with Crippen molar-refractivity contribution in [3.05, 3.63) is 34.7 Å². The zero-order valence-electron chi connectivity index (χ0n) is 15.9. The fourth-order valence-electron chi connectivity index (χ4n) is 3.41. The van der Waals surface area contributed by atoms with Crippen LogP contribution in [-0.4, -0.2) is 66.6 Å². The first-order valence-corrected chi connectivity index (χ1v) is 8.67. The molecule has 1 saturated heterocycles. The second kappa shape index (κ2) is 7.30. The fraction of sp³-hybridized carbons (Fsp3) is 0.421. The SMILES string of the molecule is COc1ccc2c(=O)n(CC(=O)N3CCN(C)C(=O)[C@H]3C)ccc2c1OC. The molecule has 0 aliphatic carbocycles. The number of ether oxygens (including phenoxy) is 2. The number of hydrogen-bond acceptors (Lipinski definition) is 5. The molecule has 1 fully saturated rings. The van der Waals surface area contributed by atoms with Gasteiger partial charge in [-0.1, -0.05) is 0 Å². The van der Waals surface area contributed by atoms with Gasteiger partial charge in [0.2, 0.25) is 11.8 Å². The first kappa shape index (κ1) is 18.8. The lowest BCUT2D eigenvalue weighted by molar-refractivity contribution is -0.149. The number of benzene rings is 1. The molecular formula is C19H23N3O5. The summed E-state index contributed by atoms with van der Waals surface area (Å²) in [5.41, 5.74) is -0.296. The molecule has 0 bridgehead atoms. The maximum Gasteiger partial charge on any atom is 0.259 e. The van der Waals surface area contributed by atoms with E-state index in [-0.39, 0.29) is 23.9 Å². The highest BCUT2D eigenvalue weighted by Crippen LogP contribution is 2.33. The van der Waals surface area contributed by atoms with E-state index in [2.05, 4.69) is 0 Å². The quantitative estimate of drug-likeness (QED) is 0.788. The Balaban J connectivity index is 1.92. The highest BCUT2D eigenvalue weighted by molar-refractivity contribution is 5.91. The Morgan fingerprint density at radius 2 is 1.85 bits per heavy atom. The van der Waals surface area contributed by atoms with Crippen LogP contribution < -0.4 is 15.0 Å². The Hall–Kier alpha value is -3.03. The van der Waals surface area contributed by atoms with Crippen molar-refractivity contribution in [3.63, 3.8) is 0 Å². The average Bonchev–Trinajstić information content (AvgIpc) is 2.67. The Morgan fingerprint density at radius 3 is 2.52 bits per heavy atom. The Bertz CT molecular complexity index is 952. The number of hydrogen-bond donors (Lipinski definition) is 0. The standard InChI is InChI=1S/C19H23N3O5/c1-12-18(24)20(2)9-10-22(12)16(23)11-21-8-7-13-14(19(21)25)5-6-15(26-3)17(13)27-4/h5-8,12H,9-11H2,1-4H3/t12-/m1/s1. The predicted octanol–water partition coefficient (Wildman–Crippen LogP) is 0.708. The summed E-state index contributed by atoms with van der Waals surface area (Å²) < 4.78 is 12.0. The van der Waals surface area contributed by atoms with E-state index in [1.54, 1.807) is 43.3 Å². The van der Waals surface area contributed by atoms with Crippen LogP contribution in [0.1, 0.15) is 6.92 Å². The number of carbonyl (C=O) groups excluding carboxylic acids is 2. The molecule has 8 heteroatoms. The van der Waals surface area contributed by atoms with Crippen molar-refractivity contribution >= 4 is 22.6 Å². The van der Waals surface area contributed by atoms with Gasteiger partial charge in [-0.3, -0.25) is 14.4 Å². The molecular weight excluding hydrogens is 350 g/mol. The van der Waals surface area contributed by atoms with E-state index in [1.165, 1.54) is 23.7 Å². The topological polar surface area (TPSA) is 81.1 Å². The number of carbonyl (C=O) groups is 2. The molecule has 2 amide bonds. The lowest BCUT2D eigenvalue weighted by Crippen LogP contribution is -2.57. The minimum absolute atomic E-state index is 0.0997. The van der Waals surface area contributed by atoms with Gasteiger partial charge < -0.3 is 23.8 Å². The number of aromatic nitrogens is 1. The average molecular weight is 373 g/mol. The fourth-order valence-corrected chi connectivity index (χ4v) is 3.41. The van der Waals surface area contributed by atoms with Gasteiger partial charge in [0, 0.05) is 31.7 Å². The van der Waals surface area contributed by atoms with E-state index < -0.39 is 6.04 Å². The molecule has 1 aliphatic heterocycles. The molecule has 1 atom stereocenters. The van der Waals surface area contributed by atoms with Crippen LogP contribution in [0.25, 0.3) is 10.8 Å². The second-order valence-electron chi connectivity index (χ2n) is 6.53. The van der Waals surface area contributed by atoms with Crippen molar-refractivity contribution in [2.75, 3.05) is 34.4 Å². The Morgan fingerprint density at radius 1 is 1.11 bits per heavy atom. The van der Waals surface area contributed by atoms with E-state index >= 15 is 0 Å². The van der Waals surface area contributed by atoms with Crippen LogP contribution in [-0.2, 0) is 16.1 Å². The Labute approximate surface area is 156 Å². The van der Waals surface area contributed by atoms with Crippen LogP contribution in [0.4, 0.5) is 0 Å². The molecule has 1 aliphatic rings. The summed E-state index contributed by atoms with van der Waals surface area (Å²) >= 11 is 0. The summed E-state index contributed by atoms with van der Waals surface area (Å²) in [6.45, 7) is 2.52. The van der Waals surface area contributed by atoms with Gasteiger partial charge in [-0.05, 0) is 25.1 Å². The number of likely N-dealkylation sites (N-methyl/N-ethyl adjacent to an activating group) is 1. The number of nitrogens with zero attached hydrogens (tertiary/aromatic N) is 3. The monoisotopic (exact) mass is 373 g/mol. The van der Waals surface area contributed by atoms with Crippen LogP contribution in [0.3, 0.4) is 0 Å². The largest absolute Gasteiger partial charge is 0.493 e. The smallest absolute Gasteiger partial charge is 0.259 e. The lowest BCUT2D eigenvalue weighted by Gasteiger charge is -2.37. The Kier molecular flexibility index (Phi) is 5.07. The molecule has 0 N–H and O–H groups in total. The van der Waals surface area contributed by atoms with Gasteiger partial charge in [0.1, 0.15) is 12.6 Å². The number of rotatable bonds is 4. The summed E-state index contributed by atoms with van der Waals surface area (Å²) in [5.74, 6) is 0.648. The molecule has 0 unspecified atom stereocenters. The third-order valence-corrected chi connectivity index (χ3v) is 5.00. The summed E-state index contributed by atoms with van der Waals surface area (Å²) in [6, 6.07) is 4.51. The maximum absolute atomic E-state index is 12.8. The van der Waals surface area contributed by atoms with Gasteiger partial charge in [0.05, 0.1) is 19.6 Å². The number of amides is 2. The summed E-state index contributed by atoms with van der Waals surface area (Å²) in [4.78, 5) is 40.8. The van der Waals surface area contributed by atoms with Crippen molar-refractivity contribution in [2.24, 2.45) is 0 Å². The van der Waals surface area contributed by atoms with Gasteiger partial charge in [-0.15, -0.1) is 0 Å². The first-order valence-electron chi connectivity index (χ1n) is 8.67. The molecule has 27 heavy (non-hydrogen) atoms. The number of pyridine rings is 1. The second-order valence-corrected chi connectivity index (χ2v) is 6.53. The number of piperazine rings is 1. The van der Waals surface area contributed by atoms with Gasteiger partial charge in [0.15, 0.2) is 11.5 Å². The predicted molar refractivity (Wildman–Crippen MR) is 100 cm³/mol. The zero-order chi connectivity index (χ0) is 19.7. The lowest BCUT2D eigenvalue weighted by atomic mass is 10.1. The third-order valence-electron chi connectivity index (χ3n) is 5.00. The van der Waals surface area contributed by atoms with Crippen LogP contribution in [0.2, 0.25) is 0 Å². The van der Waals surface area contributed by atoms with Crippen molar-refractivity contribution in [3.8, 4) is 11.5 Å². The van der Waals surface area contributed by atoms with Crippen molar-refractivity contribution in [1.29, 1.82) is 0 Å². The van der Waals surface area contributed by atoms with Gasteiger partial charge in [-0.25, -0.2) is 0 Å². The van der Waals surface area contributed by atoms with Crippen molar-refractivity contribution in [2.45, 2.75) is 19.5 Å². The maximum atomic E-state index is 12.8. The van der Waals surface area contributed by atoms with Gasteiger partial charge in [0.25, 0.3) is 5.56 Å². The van der Waals surface area contributed by atoms with E-state index in [0.717, 1.165) is 0 Å². The molecule has 2 heterocycles. The molecule has 2 aromatic rings. The van der Waals surface area contributed by atoms with Crippen LogP contribution >= 0.6 is 0 Å². The van der Waals surface area contributed by atoms with Crippen molar-refractivity contribution < 1.29 is 19.1 Å². The van der Waals surface area contributed by atoms with Crippen LogP contribution in [0.15, 0.2) is 29.2 Å².